The molecule has 1 aromatic rings. The number of nitrogens with zero attached hydrogens (tertiary/aromatic N) is 1. The number of carboxylic acid groups (broad SMARTS) is 1. The van der Waals surface area contributed by atoms with Crippen LogP contribution in [-0.2, 0) is 24.2 Å². The van der Waals surface area contributed by atoms with E-state index >= 15 is 0 Å². The summed E-state index contributed by atoms with van der Waals surface area (Å²) in [5.74, 6) is -0.782. The molecule has 1 aromatic carbocycles. The van der Waals surface area contributed by atoms with E-state index in [9.17, 15) is 4.79 Å². The van der Waals surface area contributed by atoms with Gasteiger partial charge in [0.1, 0.15) is 0 Å². The van der Waals surface area contributed by atoms with Crippen molar-refractivity contribution in [1.29, 1.82) is 0 Å². The second-order valence-electron chi connectivity index (χ2n) is 6.34. The lowest BCUT2D eigenvalue weighted by Crippen LogP contribution is -2.42. The molecule has 3 nitrogen and oxygen atoms in total. The number of aliphatic carboxylic acids is 1. The number of piperidine rings is 1. The van der Waals surface area contributed by atoms with Crippen LogP contribution in [0.3, 0.4) is 0 Å². The van der Waals surface area contributed by atoms with Gasteiger partial charge >= 0.3 is 5.97 Å². The molecule has 0 aromatic heterocycles. The van der Waals surface area contributed by atoms with Gasteiger partial charge in [-0.15, -0.1) is 0 Å². The van der Waals surface area contributed by atoms with Gasteiger partial charge < -0.3 is 5.11 Å². The second kappa shape index (κ2) is 5.57. The van der Waals surface area contributed by atoms with E-state index in [1.165, 1.54) is 36.0 Å². The van der Waals surface area contributed by atoms with Crippen molar-refractivity contribution >= 4 is 5.97 Å². The number of carboxylic acids is 1. The summed E-state index contributed by atoms with van der Waals surface area (Å²) in [6.07, 6.45) is 5.31. The molecule has 1 heterocycles. The fourth-order valence-electron chi connectivity index (χ4n) is 3.64. The molecule has 108 valence electrons. The van der Waals surface area contributed by atoms with E-state index in [4.69, 9.17) is 5.11 Å². The molecule has 2 atom stereocenters. The third-order valence-electron chi connectivity index (χ3n) is 4.91. The summed E-state index contributed by atoms with van der Waals surface area (Å²) >= 11 is 0. The smallest absolute Gasteiger partial charge is 0.306 e. The third-order valence-corrected chi connectivity index (χ3v) is 4.91. The van der Waals surface area contributed by atoms with Crippen LogP contribution >= 0.6 is 0 Å². The number of carbonyl (C=O) groups is 1. The SMILES string of the molecule is CC1CC(C(=O)O)CCN1Cc1ccc2c(c1)CCC2. The van der Waals surface area contributed by atoms with Crippen molar-refractivity contribution in [2.45, 2.75) is 51.6 Å². The average molecular weight is 273 g/mol. The fourth-order valence-corrected chi connectivity index (χ4v) is 3.64. The van der Waals surface area contributed by atoms with Gasteiger partial charge in [-0.05, 0) is 62.3 Å². The molecule has 0 amide bonds. The molecule has 2 unspecified atom stereocenters. The summed E-state index contributed by atoms with van der Waals surface area (Å²) in [7, 11) is 0. The van der Waals surface area contributed by atoms with Crippen LogP contribution in [0.5, 0.6) is 0 Å². The maximum absolute atomic E-state index is 11.1. The van der Waals surface area contributed by atoms with Crippen molar-refractivity contribution in [2.75, 3.05) is 6.54 Å². The molecule has 3 heteroatoms. The van der Waals surface area contributed by atoms with E-state index in [1.54, 1.807) is 0 Å². The van der Waals surface area contributed by atoms with Crippen LogP contribution in [0, 0.1) is 5.92 Å². The van der Waals surface area contributed by atoms with Crippen molar-refractivity contribution in [3.05, 3.63) is 34.9 Å². The molecular weight excluding hydrogens is 250 g/mol. The zero-order valence-electron chi connectivity index (χ0n) is 12.1. The Kier molecular flexibility index (Phi) is 3.79. The minimum absolute atomic E-state index is 0.152. The monoisotopic (exact) mass is 273 g/mol. The lowest BCUT2D eigenvalue weighted by Gasteiger charge is -2.36. The van der Waals surface area contributed by atoms with Crippen LogP contribution in [0.15, 0.2) is 18.2 Å². The quantitative estimate of drug-likeness (QED) is 0.920. The standard InChI is InChI=1S/C17H23NO2/c1-12-9-16(17(19)20)7-8-18(12)11-13-5-6-14-3-2-4-15(14)10-13/h5-6,10,12,16H,2-4,7-9,11H2,1H3,(H,19,20). The van der Waals surface area contributed by atoms with E-state index in [0.717, 1.165) is 25.9 Å². The average Bonchev–Trinajstić information content (AvgIpc) is 2.88. The lowest BCUT2D eigenvalue weighted by atomic mass is 9.91. The first kappa shape index (κ1) is 13.6. The number of aryl methyl sites for hydroxylation is 2. The van der Waals surface area contributed by atoms with Crippen molar-refractivity contribution in [2.24, 2.45) is 5.92 Å². The molecule has 3 rings (SSSR count). The molecule has 1 aliphatic heterocycles. The first-order valence-electron chi connectivity index (χ1n) is 7.71. The summed E-state index contributed by atoms with van der Waals surface area (Å²) in [6.45, 7) is 4.01. The van der Waals surface area contributed by atoms with Gasteiger partial charge in [-0.1, -0.05) is 18.2 Å². The number of benzene rings is 1. The number of fused-ring (bicyclic) bond motifs is 1. The summed E-state index contributed by atoms with van der Waals surface area (Å²) < 4.78 is 0. The molecular formula is C17H23NO2. The van der Waals surface area contributed by atoms with Crippen molar-refractivity contribution < 1.29 is 9.90 Å². The van der Waals surface area contributed by atoms with Crippen LogP contribution in [0.1, 0.15) is 42.9 Å². The molecule has 0 radical (unpaired) electrons. The topological polar surface area (TPSA) is 40.5 Å². The van der Waals surface area contributed by atoms with Gasteiger partial charge in [0.2, 0.25) is 0 Å². The van der Waals surface area contributed by atoms with Crippen LogP contribution in [0.4, 0.5) is 0 Å². The maximum Gasteiger partial charge on any atom is 0.306 e. The Morgan fingerprint density at radius 1 is 1.35 bits per heavy atom. The molecule has 0 bridgehead atoms. The van der Waals surface area contributed by atoms with E-state index in [0.29, 0.717) is 6.04 Å². The highest BCUT2D eigenvalue weighted by atomic mass is 16.4. The van der Waals surface area contributed by atoms with Gasteiger partial charge in [-0.2, -0.15) is 0 Å². The third kappa shape index (κ3) is 2.73. The second-order valence-corrected chi connectivity index (χ2v) is 6.34. The molecule has 20 heavy (non-hydrogen) atoms. The first-order valence-corrected chi connectivity index (χ1v) is 7.71. The minimum Gasteiger partial charge on any atom is -0.481 e. The van der Waals surface area contributed by atoms with Crippen LogP contribution in [0.25, 0.3) is 0 Å². The number of hydrogen-bond acceptors (Lipinski definition) is 2. The largest absolute Gasteiger partial charge is 0.481 e. The normalized spacial score (nSPS) is 26.4. The Morgan fingerprint density at radius 2 is 2.15 bits per heavy atom. The Morgan fingerprint density at radius 3 is 2.90 bits per heavy atom. The summed E-state index contributed by atoms with van der Waals surface area (Å²) in [6, 6.07) is 7.25. The number of likely N-dealkylation sites (tertiary alicyclic amines) is 1. The highest BCUT2D eigenvalue weighted by molar-refractivity contribution is 5.70. The highest BCUT2D eigenvalue weighted by Gasteiger charge is 2.29. The minimum atomic E-state index is -0.631. The van der Waals surface area contributed by atoms with Gasteiger partial charge in [-0.3, -0.25) is 9.69 Å². The highest BCUT2D eigenvalue weighted by Crippen LogP contribution is 2.27. The van der Waals surface area contributed by atoms with Gasteiger partial charge in [0.05, 0.1) is 5.92 Å². The molecule has 0 saturated carbocycles. The van der Waals surface area contributed by atoms with Gasteiger partial charge in [0, 0.05) is 12.6 Å². The maximum atomic E-state index is 11.1. The first-order chi connectivity index (χ1) is 9.63. The van der Waals surface area contributed by atoms with E-state index < -0.39 is 5.97 Å². The summed E-state index contributed by atoms with van der Waals surface area (Å²) in [4.78, 5) is 13.5. The van der Waals surface area contributed by atoms with Crippen LogP contribution < -0.4 is 0 Å². The molecule has 1 saturated heterocycles. The zero-order chi connectivity index (χ0) is 14.1. The fraction of sp³-hybridized carbons (Fsp3) is 0.588. The predicted molar refractivity (Wildman–Crippen MR) is 78.7 cm³/mol. The van der Waals surface area contributed by atoms with Crippen LogP contribution in [0.2, 0.25) is 0 Å². The molecule has 1 N–H and O–H groups in total. The summed E-state index contributed by atoms with van der Waals surface area (Å²) in [5, 5.41) is 9.12. The Hall–Kier alpha value is -1.35. The zero-order valence-corrected chi connectivity index (χ0v) is 12.1. The van der Waals surface area contributed by atoms with Gasteiger partial charge in [0.25, 0.3) is 0 Å². The Bertz CT molecular complexity index is 512. The predicted octanol–water partition coefficient (Wildman–Crippen LogP) is 2.86. The number of hydrogen-bond donors (Lipinski definition) is 1. The Labute approximate surface area is 120 Å². The molecule has 0 spiro atoms. The molecule has 1 fully saturated rings. The van der Waals surface area contributed by atoms with Crippen molar-refractivity contribution in [1.82, 2.24) is 4.90 Å². The van der Waals surface area contributed by atoms with E-state index in [1.807, 2.05) is 0 Å². The van der Waals surface area contributed by atoms with Gasteiger partial charge in [0.15, 0.2) is 0 Å². The van der Waals surface area contributed by atoms with Crippen molar-refractivity contribution in [3.63, 3.8) is 0 Å². The van der Waals surface area contributed by atoms with Gasteiger partial charge in [-0.25, -0.2) is 0 Å². The molecule has 1 aliphatic carbocycles. The summed E-state index contributed by atoms with van der Waals surface area (Å²) in [5.41, 5.74) is 4.42. The number of rotatable bonds is 3. The lowest BCUT2D eigenvalue weighted by molar-refractivity contribution is -0.144. The van der Waals surface area contributed by atoms with E-state index in [-0.39, 0.29) is 5.92 Å². The van der Waals surface area contributed by atoms with E-state index in [2.05, 4.69) is 30.0 Å². The van der Waals surface area contributed by atoms with Crippen LogP contribution in [-0.4, -0.2) is 28.6 Å². The van der Waals surface area contributed by atoms with Crippen molar-refractivity contribution in [3.8, 4) is 0 Å². The Balaban J connectivity index is 1.65. The molecule has 2 aliphatic rings.